The molecule has 2 aliphatic rings. The van der Waals surface area contributed by atoms with Gasteiger partial charge in [-0.25, -0.2) is 4.79 Å². The summed E-state index contributed by atoms with van der Waals surface area (Å²) < 4.78 is 17.4. The van der Waals surface area contributed by atoms with E-state index in [2.05, 4.69) is 13.8 Å². The average molecular weight is 607 g/mol. The second-order valence-corrected chi connectivity index (χ2v) is 13.7. The fourth-order valence-electron chi connectivity index (χ4n) is 7.05. The van der Waals surface area contributed by atoms with Gasteiger partial charge in [-0.15, -0.1) is 0 Å². The van der Waals surface area contributed by atoms with Crippen LogP contribution in [0.2, 0.25) is 0 Å². The predicted octanol–water partition coefficient (Wildman–Crippen LogP) is 11.2. The molecule has 0 aromatic rings. The molecule has 0 spiro atoms. The van der Waals surface area contributed by atoms with Crippen molar-refractivity contribution in [3.8, 4) is 0 Å². The average Bonchev–Trinajstić information content (AvgIpc) is 3.62. The van der Waals surface area contributed by atoms with Crippen LogP contribution in [-0.2, 0) is 23.8 Å². The summed E-state index contributed by atoms with van der Waals surface area (Å²) in [6.45, 7) is 5.41. The standard InChI is InChI=1S/C38H70O5/c1-3-5-7-9-11-13-15-17-19-21-23-25-27-31-41-36(39)35-33-34-29-30-38(35,43-34)37(40)42-32-28-26-24-22-20-18-16-14-12-10-8-6-4-2/h34-35H,3-33H2,1-2H3. The maximum absolute atomic E-state index is 13.1. The van der Waals surface area contributed by atoms with Crippen molar-refractivity contribution < 1.29 is 23.8 Å². The van der Waals surface area contributed by atoms with E-state index in [9.17, 15) is 9.59 Å². The van der Waals surface area contributed by atoms with Crippen molar-refractivity contribution in [3.63, 3.8) is 0 Å². The van der Waals surface area contributed by atoms with Crippen LogP contribution in [-0.4, -0.2) is 36.9 Å². The maximum atomic E-state index is 13.1. The summed E-state index contributed by atoms with van der Waals surface area (Å²) in [5.74, 6) is -1.11. The third-order valence-electron chi connectivity index (χ3n) is 9.88. The van der Waals surface area contributed by atoms with Crippen molar-refractivity contribution in [1.82, 2.24) is 0 Å². The molecule has 0 aliphatic carbocycles. The van der Waals surface area contributed by atoms with Crippen molar-refractivity contribution in [2.75, 3.05) is 13.2 Å². The van der Waals surface area contributed by atoms with E-state index in [1.807, 2.05) is 0 Å². The van der Waals surface area contributed by atoms with E-state index in [4.69, 9.17) is 14.2 Å². The summed E-state index contributed by atoms with van der Waals surface area (Å²) in [6, 6.07) is 0. The quantitative estimate of drug-likeness (QED) is 0.0601. The van der Waals surface area contributed by atoms with Crippen molar-refractivity contribution in [1.29, 1.82) is 0 Å². The van der Waals surface area contributed by atoms with Crippen LogP contribution in [0.25, 0.3) is 0 Å². The third-order valence-corrected chi connectivity index (χ3v) is 9.88. The number of carbonyl (C=O) groups excluding carboxylic acids is 2. The van der Waals surface area contributed by atoms with Crippen molar-refractivity contribution in [2.45, 2.75) is 212 Å². The van der Waals surface area contributed by atoms with Gasteiger partial charge in [-0.2, -0.15) is 0 Å². The molecular formula is C38H70O5. The van der Waals surface area contributed by atoms with Crippen LogP contribution in [0.3, 0.4) is 0 Å². The molecule has 0 N–H and O–H groups in total. The zero-order valence-corrected chi connectivity index (χ0v) is 28.6. The third kappa shape index (κ3) is 16.2. The van der Waals surface area contributed by atoms with Crippen LogP contribution in [0, 0.1) is 5.92 Å². The van der Waals surface area contributed by atoms with Gasteiger partial charge in [0, 0.05) is 0 Å². The Kier molecular flexibility index (Phi) is 22.3. The maximum Gasteiger partial charge on any atom is 0.339 e. The highest BCUT2D eigenvalue weighted by Gasteiger charge is 2.62. The lowest BCUT2D eigenvalue weighted by molar-refractivity contribution is -0.176. The fraction of sp³-hybridized carbons (Fsp3) is 0.947. The number of unbranched alkanes of at least 4 members (excludes halogenated alkanes) is 24. The smallest absolute Gasteiger partial charge is 0.339 e. The summed E-state index contributed by atoms with van der Waals surface area (Å²) in [5.41, 5.74) is -1.10. The lowest BCUT2D eigenvalue weighted by atomic mass is 9.78. The lowest BCUT2D eigenvalue weighted by Crippen LogP contribution is -2.47. The van der Waals surface area contributed by atoms with Crippen molar-refractivity contribution in [2.24, 2.45) is 5.92 Å². The minimum absolute atomic E-state index is 0.0159. The largest absolute Gasteiger partial charge is 0.465 e. The van der Waals surface area contributed by atoms with Gasteiger partial charge >= 0.3 is 11.9 Å². The molecule has 0 amide bonds. The Bertz CT molecular complexity index is 694. The van der Waals surface area contributed by atoms with Crippen LogP contribution < -0.4 is 0 Å². The summed E-state index contributed by atoms with van der Waals surface area (Å²) in [7, 11) is 0. The number of carbonyl (C=O) groups is 2. The first kappa shape index (κ1) is 38.1. The van der Waals surface area contributed by atoms with Crippen LogP contribution in [0.5, 0.6) is 0 Å². The highest BCUT2D eigenvalue weighted by molar-refractivity contribution is 5.89. The minimum Gasteiger partial charge on any atom is -0.465 e. The molecule has 0 aromatic heterocycles. The first-order valence-corrected chi connectivity index (χ1v) is 19.2. The number of fused-ring (bicyclic) bond motifs is 2. The van der Waals surface area contributed by atoms with E-state index in [0.29, 0.717) is 26.1 Å². The van der Waals surface area contributed by atoms with Crippen LogP contribution in [0.15, 0.2) is 0 Å². The number of hydrogen-bond acceptors (Lipinski definition) is 5. The lowest BCUT2D eigenvalue weighted by Gasteiger charge is -2.29. The molecule has 0 aromatic carbocycles. The normalized spacial score (nSPS) is 21.0. The van der Waals surface area contributed by atoms with E-state index in [0.717, 1.165) is 32.1 Å². The van der Waals surface area contributed by atoms with Crippen LogP contribution in [0.1, 0.15) is 200 Å². The molecule has 5 heteroatoms. The van der Waals surface area contributed by atoms with Gasteiger partial charge in [0.2, 0.25) is 0 Å². The molecule has 0 saturated carbocycles. The summed E-state index contributed by atoms with van der Waals surface area (Å²) in [4.78, 5) is 26.1. The Morgan fingerprint density at radius 1 is 0.558 bits per heavy atom. The molecule has 3 unspecified atom stereocenters. The summed E-state index contributed by atoms with van der Waals surface area (Å²) >= 11 is 0. The van der Waals surface area contributed by atoms with Gasteiger partial charge in [0.05, 0.1) is 25.2 Å². The van der Waals surface area contributed by atoms with Gasteiger partial charge in [-0.1, -0.05) is 168 Å². The number of ether oxygens (including phenoxy) is 3. The summed E-state index contributed by atoms with van der Waals surface area (Å²) in [6.07, 6.45) is 35.6. The molecule has 2 bridgehead atoms. The zero-order valence-electron chi connectivity index (χ0n) is 28.6. The Hall–Kier alpha value is -1.10. The van der Waals surface area contributed by atoms with Gasteiger partial charge in [0.1, 0.15) is 0 Å². The molecule has 2 rings (SSSR count). The molecule has 2 aliphatic heterocycles. The molecule has 5 nitrogen and oxygen atoms in total. The Balaban J connectivity index is 1.46. The van der Waals surface area contributed by atoms with E-state index in [1.165, 1.54) is 141 Å². The Morgan fingerprint density at radius 2 is 0.930 bits per heavy atom. The Morgan fingerprint density at radius 3 is 1.33 bits per heavy atom. The van der Waals surface area contributed by atoms with E-state index >= 15 is 0 Å². The summed E-state index contributed by atoms with van der Waals surface area (Å²) in [5, 5.41) is 0. The van der Waals surface area contributed by atoms with Crippen molar-refractivity contribution >= 4 is 11.9 Å². The van der Waals surface area contributed by atoms with Gasteiger partial charge in [-0.3, -0.25) is 4.79 Å². The molecule has 0 radical (unpaired) electrons. The van der Waals surface area contributed by atoms with E-state index < -0.39 is 11.5 Å². The predicted molar refractivity (Wildman–Crippen MR) is 178 cm³/mol. The Labute approximate surface area is 266 Å². The second-order valence-electron chi connectivity index (χ2n) is 13.7. The van der Waals surface area contributed by atoms with E-state index in [1.54, 1.807) is 0 Å². The second kappa shape index (κ2) is 25.1. The first-order valence-electron chi connectivity index (χ1n) is 19.2. The monoisotopic (exact) mass is 607 g/mol. The molecule has 2 fully saturated rings. The molecular weight excluding hydrogens is 536 g/mol. The zero-order chi connectivity index (χ0) is 30.9. The topological polar surface area (TPSA) is 61.8 Å². The van der Waals surface area contributed by atoms with Gasteiger partial charge in [0.25, 0.3) is 0 Å². The minimum atomic E-state index is -1.10. The highest BCUT2D eigenvalue weighted by Crippen LogP contribution is 2.49. The van der Waals surface area contributed by atoms with Crippen molar-refractivity contribution in [3.05, 3.63) is 0 Å². The fourth-order valence-corrected chi connectivity index (χ4v) is 7.05. The molecule has 252 valence electrons. The molecule has 3 atom stereocenters. The van der Waals surface area contributed by atoms with Gasteiger partial charge in [-0.05, 0) is 32.1 Å². The van der Waals surface area contributed by atoms with E-state index in [-0.39, 0.29) is 18.0 Å². The molecule has 2 saturated heterocycles. The number of esters is 2. The SMILES string of the molecule is CCCCCCCCCCCCCCCOC(=O)C1CC2CCC1(C(=O)OCCCCCCCCCCCCCCC)O2. The van der Waals surface area contributed by atoms with Gasteiger partial charge in [0.15, 0.2) is 5.60 Å². The first-order chi connectivity index (χ1) is 21.1. The molecule has 2 heterocycles. The van der Waals surface area contributed by atoms with Crippen LogP contribution in [0.4, 0.5) is 0 Å². The highest BCUT2D eigenvalue weighted by atomic mass is 16.6. The van der Waals surface area contributed by atoms with Gasteiger partial charge < -0.3 is 14.2 Å². The molecule has 43 heavy (non-hydrogen) atoms. The van der Waals surface area contributed by atoms with Crippen LogP contribution >= 0.6 is 0 Å². The number of hydrogen-bond donors (Lipinski definition) is 0. The number of rotatable bonds is 30.